The first-order valence-corrected chi connectivity index (χ1v) is 9.95. The molecule has 0 fully saturated rings. The summed E-state index contributed by atoms with van der Waals surface area (Å²) in [5.41, 5.74) is 0.499. The van der Waals surface area contributed by atoms with Crippen LogP contribution >= 0.6 is 0 Å². The zero-order valence-electron chi connectivity index (χ0n) is 13.4. The van der Waals surface area contributed by atoms with Crippen LogP contribution in [0.4, 0.5) is 0 Å². The van der Waals surface area contributed by atoms with Crippen LogP contribution in [0.3, 0.4) is 0 Å². The van der Waals surface area contributed by atoms with Gasteiger partial charge in [-0.25, -0.2) is 0 Å². The lowest BCUT2D eigenvalue weighted by Crippen LogP contribution is -2.63. The fourth-order valence-electron chi connectivity index (χ4n) is 2.92. The summed E-state index contributed by atoms with van der Waals surface area (Å²) in [6, 6.07) is 21.7. The maximum atomic E-state index is 6.64. The molecule has 0 atom stereocenters. The Morgan fingerprint density at radius 1 is 0.857 bits per heavy atom. The first-order valence-electron chi connectivity index (χ1n) is 7.96. The Bertz CT molecular complexity index is 482. The van der Waals surface area contributed by atoms with Gasteiger partial charge in [0.05, 0.1) is 0 Å². The van der Waals surface area contributed by atoms with Crippen LogP contribution in [-0.2, 0) is 4.43 Å². The number of rotatable bonds is 7. The maximum Gasteiger partial charge on any atom is 0.258 e. The zero-order valence-corrected chi connectivity index (χ0v) is 14.4. The van der Waals surface area contributed by atoms with Gasteiger partial charge < -0.3 is 4.43 Å². The van der Waals surface area contributed by atoms with Crippen molar-refractivity contribution < 1.29 is 4.43 Å². The van der Waals surface area contributed by atoms with Crippen molar-refractivity contribution in [3.63, 3.8) is 0 Å². The average Bonchev–Trinajstić information content (AvgIpc) is 2.53. The van der Waals surface area contributed by atoms with Gasteiger partial charge >= 0.3 is 0 Å². The molecule has 0 aliphatic rings. The van der Waals surface area contributed by atoms with Crippen molar-refractivity contribution >= 4 is 18.7 Å². The summed E-state index contributed by atoms with van der Waals surface area (Å²) < 4.78 is 6.64. The number of hydrogen-bond donors (Lipinski definition) is 0. The van der Waals surface area contributed by atoms with Crippen molar-refractivity contribution in [2.24, 2.45) is 0 Å². The van der Waals surface area contributed by atoms with E-state index in [4.69, 9.17) is 4.43 Å². The number of unbranched alkanes of at least 4 members (excludes halogenated alkanes) is 1. The minimum absolute atomic E-state index is 0.499. The van der Waals surface area contributed by atoms with Crippen LogP contribution in [0.2, 0.25) is 5.54 Å². The summed E-state index contributed by atoms with van der Waals surface area (Å²) in [5, 5.41) is 2.75. The lowest BCUT2D eigenvalue weighted by atomic mass is 10.4. The molecule has 0 spiro atoms. The van der Waals surface area contributed by atoms with Crippen LogP contribution in [0.5, 0.6) is 0 Å². The Labute approximate surface area is 130 Å². The Balaban J connectivity index is 2.50. The molecular formula is C19H26OSi. The molecule has 0 saturated heterocycles. The minimum Gasteiger partial charge on any atom is -0.408 e. The molecule has 1 nitrogen and oxygen atoms in total. The van der Waals surface area contributed by atoms with Gasteiger partial charge in [0.25, 0.3) is 8.32 Å². The smallest absolute Gasteiger partial charge is 0.258 e. The van der Waals surface area contributed by atoms with Crippen molar-refractivity contribution in [3.8, 4) is 0 Å². The van der Waals surface area contributed by atoms with Gasteiger partial charge in [0, 0.05) is 6.61 Å². The van der Waals surface area contributed by atoms with E-state index >= 15 is 0 Å². The maximum absolute atomic E-state index is 6.64. The molecule has 2 heteroatoms. The minimum atomic E-state index is -2.16. The van der Waals surface area contributed by atoms with E-state index < -0.39 is 8.32 Å². The molecule has 0 heterocycles. The number of benzene rings is 2. The highest BCUT2D eigenvalue weighted by atomic mass is 28.4. The fourth-order valence-corrected chi connectivity index (χ4v) is 7.09. The Hall–Kier alpha value is -1.38. The molecule has 0 N–H and O–H groups in total. The average molecular weight is 299 g/mol. The molecule has 0 aromatic heterocycles. The van der Waals surface area contributed by atoms with Crippen LogP contribution in [0.15, 0.2) is 60.7 Å². The van der Waals surface area contributed by atoms with Crippen LogP contribution < -0.4 is 10.4 Å². The van der Waals surface area contributed by atoms with Gasteiger partial charge in [-0.15, -0.1) is 0 Å². The monoisotopic (exact) mass is 298 g/mol. The molecule has 0 bridgehead atoms. The topological polar surface area (TPSA) is 9.23 Å². The van der Waals surface area contributed by atoms with Crippen LogP contribution in [0.25, 0.3) is 0 Å². The molecule has 112 valence electrons. The van der Waals surface area contributed by atoms with Crippen molar-refractivity contribution in [3.05, 3.63) is 60.7 Å². The molecule has 0 aliphatic carbocycles. The molecule has 0 saturated carbocycles. The third kappa shape index (κ3) is 3.45. The molecule has 0 unspecified atom stereocenters. The van der Waals surface area contributed by atoms with Crippen molar-refractivity contribution in [1.82, 2.24) is 0 Å². The lowest BCUT2D eigenvalue weighted by Gasteiger charge is -2.36. The summed E-state index contributed by atoms with van der Waals surface area (Å²) in [7, 11) is -2.16. The van der Waals surface area contributed by atoms with Gasteiger partial charge in [-0.2, -0.15) is 0 Å². The van der Waals surface area contributed by atoms with Gasteiger partial charge in [0.2, 0.25) is 0 Å². The van der Waals surface area contributed by atoms with Crippen LogP contribution in [0.1, 0.15) is 33.6 Å². The van der Waals surface area contributed by atoms with E-state index in [1.54, 1.807) is 0 Å². The molecule has 0 radical (unpaired) electrons. The van der Waals surface area contributed by atoms with Gasteiger partial charge in [-0.05, 0) is 22.3 Å². The van der Waals surface area contributed by atoms with Crippen LogP contribution in [-0.4, -0.2) is 14.9 Å². The first-order chi connectivity index (χ1) is 10.2. The van der Waals surface area contributed by atoms with E-state index in [1.165, 1.54) is 16.8 Å². The van der Waals surface area contributed by atoms with Crippen molar-refractivity contribution in [2.45, 2.75) is 39.2 Å². The summed E-state index contributed by atoms with van der Waals surface area (Å²) in [5.74, 6) is 0. The third-order valence-corrected chi connectivity index (χ3v) is 8.71. The highest BCUT2D eigenvalue weighted by Gasteiger charge is 2.42. The second-order valence-electron chi connectivity index (χ2n) is 5.82. The van der Waals surface area contributed by atoms with E-state index in [1.807, 2.05) is 0 Å². The highest BCUT2D eigenvalue weighted by molar-refractivity contribution is 6.98. The molecule has 2 aromatic rings. The highest BCUT2D eigenvalue weighted by Crippen LogP contribution is 2.23. The van der Waals surface area contributed by atoms with E-state index in [9.17, 15) is 0 Å². The summed E-state index contributed by atoms with van der Waals surface area (Å²) in [6.45, 7) is 7.67. The fraction of sp³-hybridized carbons (Fsp3) is 0.368. The van der Waals surface area contributed by atoms with E-state index in [0.29, 0.717) is 5.54 Å². The summed E-state index contributed by atoms with van der Waals surface area (Å²) in [6.07, 6.45) is 2.30. The molecule has 2 aromatic carbocycles. The first kappa shape index (κ1) is 16.0. The van der Waals surface area contributed by atoms with Gasteiger partial charge in [-0.1, -0.05) is 87.9 Å². The second kappa shape index (κ2) is 7.58. The molecule has 0 aliphatic heterocycles. The second-order valence-corrected chi connectivity index (χ2v) is 9.89. The molecule has 21 heavy (non-hydrogen) atoms. The SMILES string of the molecule is CCCCO[Si](c1ccccc1)(c1ccccc1)C(C)C. The standard InChI is InChI=1S/C19H26OSi/c1-4-5-16-20-21(17(2)3,18-12-8-6-9-13-18)19-14-10-7-11-15-19/h6-15,17H,4-5,16H2,1-3H3. The molecule has 0 amide bonds. The predicted molar refractivity (Wildman–Crippen MR) is 93.9 cm³/mol. The van der Waals surface area contributed by atoms with Gasteiger partial charge in [-0.3, -0.25) is 0 Å². The quantitative estimate of drug-likeness (QED) is 0.555. The summed E-state index contributed by atoms with van der Waals surface area (Å²) >= 11 is 0. The lowest BCUT2D eigenvalue weighted by molar-refractivity contribution is 0.302. The summed E-state index contributed by atoms with van der Waals surface area (Å²) in [4.78, 5) is 0. The van der Waals surface area contributed by atoms with Gasteiger partial charge in [0.1, 0.15) is 0 Å². The molecule has 2 rings (SSSR count). The zero-order chi connectivity index (χ0) is 15.1. The molecular weight excluding hydrogens is 272 g/mol. The predicted octanol–water partition coefficient (Wildman–Crippen LogP) is 3.97. The van der Waals surface area contributed by atoms with Crippen molar-refractivity contribution in [2.75, 3.05) is 6.61 Å². The van der Waals surface area contributed by atoms with Gasteiger partial charge in [0.15, 0.2) is 0 Å². The Morgan fingerprint density at radius 2 is 1.33 bits per heavy atom. The number of hydrogen-bond acceptors (Lipinski definition) is 1. The van der Waals surface area contributed by atoms with Crippen LogP contribution in [0, 0.1) is 0 Å². The third-order valence-electron chi connectivity index (χ3n) is 4.05. The Kier molecular flexibility index (Phi) is 5.77. The van der Waals surface area contributed by atoms with E-state index in [2.05, 4.69) is 81.4 Å². The normalized spacial score (nSPS) is 11.8. The Morgan fingerprint density at radius 3 is 1.71 bits per heavy atom. The largest absolute Gasteiger partial charge is 0.408 e. The van der Waals surface area contributed by atoms with E-state index in [0.717, 1.165) is 13.0 Å². The van der Waals surface area contributed by atoms with Crippen molar-refractivity contribution in [1.29, 1.82) is 0 Å². The van der Waals surface area contributed by atoms with E-state index in [-0.39, 0.29) is 0 Å².